The second-order valence-electron chi connectivity index (χ2n) is 7.17. The van der Waals surface area contributed by atoms with Crippen LogP contribution in [0.2, 0.25) is 5.02 Å². The molecule has 4 amide bonds. The zero-order valence-electron chi connectivity index (χ0n) is 16.9. The molecule has 0 saturated carbocycles. The summed E-state index contributed by atoms with van der Waals surface area (Å²) in [4.78, 5) is 38.1. The molecule has 0 aliphatic carbocycles. The molecular formula is C23H18ClFN4O3. The van der Waals surface area contributed by atoms with Gasteiger partial charge in [-0.05, 0) is 67.1 Å². The number of amides is 4. The van der Waals surface area contributed by atoms with Crippen molar-refractivity contribution in [3.05, 3.63) is 88.6 Å². The minimum atomic E-state index is -0.702. The van der Waals surface area contributed by atoms with Gasteiger partial charge in [0.15, 0.2) is 0 Å². The minimum Gasteiger partial charge on any atom is -0.325 e. The molecule has 1 aliphatic rings. The van der Waals surface area contributed by atoms with Crippen molar-refractivity contribution in [2.45, 2.75) is 6.92 Å². The molecule has 0 atom stereocenters. The summed E-state index contributed by atoms with van der Waals surface area (Å²) in [7, 11) is 0. The van der Waals surface area contributed by atoms with Gasteiger partial charge in [0.05, 0.1) is 0 Å². The van der Waals surface area contributed by atoms with Crippen LogP contribution in [0.4, 0.5) is 14.9 Å². The molecule has 0 bridgehead atoms. The zero-order chi connectivity index (χ0) is 22.8. The third-order valence-corrected chi connectivity index (χ3v) is 5.31. The largest absolute Gasteiger partial charge is 0.329 e. The summed E-state index contributed by atoms with van der Waals surface area (Å²) in [5, 5.41) is 5.63. The van der Waals surface area contributed by atoms with Crippen LogP contribution in [0.25, 0.3) is 11.8 Å². The molecule has 1 fully saturated rings. The highest BCUT2D eigenvalue weighted by molar-refractivity contribution is 6.31. The first-order valence-electron chi connectivity index (χ1n) is 9.65. The predicted molar refractivity (Wildman–Crippen MR) is 119 cm³/mol. The van der Waals surface area contributed by atoms with Crippen LogP contribution in [0.15, 0.2) is 66.5 Å². The lowest BCUT2D eigenvalue weighted by atomic mass is 10.2. The Labute approximate surface area is 188 Å². The van der Waals surface area contributed by atoms with Gasteiger partial charge in [0, 0.05) is 28.3 Å². The molecule has 0 spiro atoms. The maximum atomic E-state index is 13.0. The fourth-order valence-electron chi connectivity index (χ4n) is 3.22. The summed E-state index contributed by atoms with van der Waals surface area (Å²) in [6, 6.07) is 13.6. The molecule has 32 heavy (non-hydrogen) atoms. The van der Waals surface area contributed by atoms with E-state index in [2.05, 4.69) is 10.6 Å². The summed E-state index contributed by atoms with van der Waals surface area (Å²) in [6.07, 6.45) is 3.34. The summed E-state index contributed by atoms with van der Waals surface area (Å²) >= 11 is 6.23. The molecule has 4 rings (SSSR count). The fourth-order valence-corrected chi connectivity index (χ4v) is 3.39. The number of imide groups is 1. The van der Waals surface area contributed by atoms with E-state index in [1.165, 1.54) is 30.3 Å². The van der Waals surface area contributed by atoms with Crippen molar-refractivity contribution >= 4 is 41.2 Å². The number of aromatic nitrogens is 1. The maximum absolute atomic E-state index is 13.0. The van der Waals surface area contributed by atoms with E-state index in [1.54, 1.807) is 18.2 Å². The highest BCUT2D eigenvalue weighted by atomic mass is 35.5. The van der Waals surface area contributed by atoms with E-state index in [0.29, 0.717) is 16.4 Å². The van der Waals surface area contributed by atoms with Crippen LogP contribution >= 0.6 is 11.6 Å². The Bertz CT molecular complexity index is 1250. The number of rotatable bonds is 5. The van der Waals surface area contributed by atoms with Gasteiger partial charge in [0.25, 0.3) is 5.91 Å². The van der Waals surface area contributed by atoms with E-state index in [1.807, 2.05) is 29.8 Å². The van der Waals surface area contributed by atoms with Gasteiger partial charge in [-0.2, -0.15) is 0 Å². The molecule has 2 aromatic carbocycles. The van der Waals surface area contributed by atoms with Crippen LogP contribution in [-0.2, 0) is 9.59 Å². The average molecular weight is 453 g/mol. The van der Waals surface area contributed by atoms with Crippen molar-refractivity contribution in [3.8, 4) is 5.69 Å². The second-order valence-corrected chi connectivity index (χ2v) is 7.58. The Morgan fingerprint density at radius 3 is 2.62 bits per heavy atom. The number of aryl methyl sites for hydroxylation is 1. The quantitative estimate of drug-likeness (QED) is 0.451. The van der Waals surface area contributed by atoms with Gasteiger partial charge < -0.3 is 15.2 Å². The van der Waals surface area contributed by atoms with Gasteiger partial charge in [0.2, 0.25) is 5.91 Å². The number of hydrogen-bond acceptors (Lipinski definition) is 3. The lowest BCUT2D eigenvalue weighted by Crippen LogP contribution is -2.38. The number of halogens is 2. The van der Waals surface area contributed by atoms with Gasteiger partial charge in [-0.25, -0.2) is 14.1 Å². The molecule has 2 heterocycles. The van der Waals surface area contributed by atoms with E-state index in [9.17, 15) is 18.8 Å². The molecule has 1 aromatic heterocycles. The van der Waals surface area contributed by atoms with Crippen molar-refractivity contribution in [2.24, 2.45) is 0 Å². The summed E-state index contributed by atoms with van der Waals surface area (Å²) in [6.45, 7) is 1.42. The van der Waals surface area contributed by atoms with Crippen LogP contribution in [0.5, 0.6) is 0 Å². The first kappa shape index (κ1) is 21.3. The first-order valence-corrected chi connectivity index (χ1v) is 10.0. The van der Waals surface area contributed by atoms with E-state index >= 15 is 0 Å². The van der Waals surface area contributed by atoms with Gasteiger partial charge in [0.1, 0.15) is 18.1 Å². The average Bonchev–Trinajstić information content (AvgIpc) is 3.32. The molecular weight excluding hydrogens is 435 g/mol. The summed E-state index contributed by atoms with van der Waals surface area (Å²) in [5.74, 6) is -1.65. The van der Waals surface area contributed by atoms with E-state index in [0.717, 1.165) is 16.2 Å². The van der Waals surface area contributed by atoms with Crippen molar-refractivity contribution in [1.82, 2.24) is 14.8 Å². The third kappa shape index (κ3) is 4.40. The van der Waals surface area contributed by atoms with Gasteiger partial charge >= 0.3 is 6.03 Å². The molecule has 3 aromatic rings. The Balaban J connectivity index is 1.50. The molecule has 7 nitrogen and oxygen atoms in total. The van der Waals surface area contributed by atoms with Gasteiger partial charge in [-0.3, -0.25) is 9.59 Å². The molecule has 2 N–H and O–H groups in total. The van der Waals surface area contributed by atoms with E-state index < -0.39 is 30.2 Å². The number of urea groups is 1. The second kappa shape index (κ2) is 8.68. The number of carbonyl (C=O) groups is 3. The lowest BCUT2D eigenvalue weighted by molar-refractivity contribution is -0.127. The van der Waals surface area contributed by atoms with Crippen LogP contribution < -0.4 is 10.6 Å². The topological polar surface area (TPSA) is 83.4 Å². The highest BCUT2D eigenvalue weighted by Crippen LogP contribution is 2.23. The van der Waals surface area contributed by atoms with Crippen molar-refractivity contribution in [1.29, 1.82) is 0 Å². The van der Waals surface area contributed by atoms with Crippen LogP contribution in [-0.4, -0.2) is 33.9 Å². The smallest absolute Gasteiger partial charge is 0.325 e. The number of nitrogens with zero attached hydrogens (tertiary/aromatic N) is 2. The number of carbonyl (C=O) groups excluding carboxylic acids is 3. The van der Waals surface area contributed by atoms with Crippen LogP contribution in [0, 0.1) is 12.7 Å². The van der Waals surface area contributed by atoms with Crippen LogP contribution in [0.1, 0.15) is 11.3 Å². The Morgan fingerprint density at radius 2 is 1.91 bits per heavy atom. The molecule has 1 aliphatic heterocycles. The number of nitrogens with one attached hydrogen (secondary N) is 2. The Morgan fingerprint density at radius 1 is 1.16 bits per heavy atom. The normalized spacial score (nSPS) is 14.7. The first-order chi connectivity index (χ1) is 15.3. The third-order valence-electron chi connectivity index (χ3n) is 4.90. The van der Waals surface area contributed by atoms with E-state index in [4.69, 9.17) is 11.6 Å². The number of benzene rings is 2. The van der Waals surface area contributed by atoms with Crippen molar-refractivity contribution in [2.75, 3.05) is 11.9 Å². The highest BCUT2D eigenvalue weighted by Gasteiger charge is 2.35. The molecule has 1 saturated heterocycles. The molecule has 0 unspecified atom stereocenters. The van der Waals surface area contributed by atoms with Gasteiger partial charge in [-0.15, -0.1) is 0 Å². The Hall–Kier alpha value is -3.91. The molecule has 9 heteroatoms. The van der Waals surface area contributed by atoms with Crippen molar-refractivity contribution < 1.29 is 18.8 Å². The predicted octanol–water partition coefficient (Wildman–Crippen LogP) is 4.11. The molecule has 0 radical (unpaired) electrons. The number of hydrogen-bond donors (Lipinski definition) is 2. The maximum Gasteiger partial charge on any atom is 0.329 e. The Kier molecular flexibility index (Phi) is 5.79. The standard InChI is InChI=1S/C23H18ClFN4O3/c1-14-4-9-18(11-19(14)24)28-10-2-3-17(28)12-20-22(31)29(23(32)27-20)13-21(30)26-16-7-5-15(25)6-8-16/h2-12H,13H2,1H3,(H,26,30)(H,27,32)/b20-12+. The van der Waals surface area contributed by atoms with E-state index in [-0.39, 0.29) is 5.70 Å². The van der Waals surface area contributed by atoms with Crippen molar-refractivity contribution in [3.63, 3.8) is 0 Å². The lowest BCUT2D eigenvalue weighted by Gasteiger charge is -2.12. The monoisotopic (exact) mass is 452 g/mol. The van der Waals surface area contributed by atoms with Crippen LogP contribution in [0.3, 0.4) is 0 Å². The SMILES string of the molecule is Cc1ccc(-n2cccc2/C=C2/NC(=O)N(CC(=O)Nc3ccc(F)cc3)C2=O)cc1Cl. The summed E-state index contributed by atoms with van der Waals surface area (Å²) in [5.41, 5.74) is 2.78. The fraction of sp³-hybridized carbons (Fsp3) is 0.0870. The summed E-state index contributed by atoms with van der Waals surface area (Å²) < 4.78 is 14.8. The molecule has 162 valence electrons. The van der Waals surface area contributed by atoms with Gasteiger partial charge in [-0.1, -0.05) is 17.7 Å². The zero-order valence-corrected chi connectivity index (χ0v) is 17.7. The minimum absolute atomic E-state index is 0.0442. The number of anilines is 1.